The number of hydrogen-bond acceptors (Lipinski definition) is 1. The van der Waals surface area contributed by atoms with Crippen molar-refractivity contribution in [3.05, 3.63) is 198 Å². The van der Waals surface area contributed by atoms with Gasteiger partial charge in [-0.05, 0) is 118 Å². The van der Waals surface area contributed by atoms with Crippen LogP contribution >= 0.6 is 0 Å². The fraction of sp³-hybridized carbons (Fsp3) is 0.0417. The van der Waals surface area contributed by atoms with Gasteiger partial charge in [-0.15, -0.1) is 0 Å². The van der Waals surface area contributed by atoms with E-state index in [0.717, 1.165) is 6.54 Å². The van der Waals surface area contributed by atoms with E-state index in [-0.39, 0.29) is 0 Å². The Morgan fingerprint density at radius 2 is 1.06 bits per heavy atom. The third kappa shape index (κ3) is 3.54. The number of dihydropyridines is 1. The van der Waals surface area contributed by atoms with E-state index in [1.54, 1.807) is 0 Å². The Bertz CT molecular complexity index is 2710. The molecule has 0 atom stereocenters. The molecule has 1 nitrogen and oxygen atoms in total. The second kappa shape index (κ2) is 9.92. The minimum atomic E-state index is -0.428. The van der Waals surface area contributed by atoms with Crippen LogP contribution in [0.25, 0.3) is 71.4 Å². The molecule has 0 radical (unpaired) electrons. The number of benzene rings is 8. The molecule has 0 saturated heterocycles. The molecule has 1 heteroatoms. The highest BCUT2D eigenvalue weighted by Gasteiger charge is 2.53. The third-order valence-corrected chi connectivity index (χ3v) is 11.2. The van der Waals surface area contributed by atoms with Crippen molar-refractivity contribution in [3.63, 3.8) is 0 Å². The van der Waals surface area contributed by atoms with Crippen LogP contribution < -0.4 is 5.32 Å². The largest absolute Gasteiger partial charge is 0.381 e. The van der Waals surface area contributed by atoms with Crippen molar-refractivity contribution in [1.29, 1.82) is 0 Å². The van der Waals surface area contributed by atoms with Crippen molar-refractivity contribution in [3.8, 4) is 33.4 Å². The van der Waals surface area contributed by atoms with E-state index >= 15 is 0 Å². The fourth-order valence-electron chi connectivity index (χ4n) is 9.23. The molecule has 228 valence electrons. The number of hydrogen-bond donors (Lipinski definition) is 1. The maximum Gasteiger partial charge on any atom is 0.0731 e. The summed E-state index contributed by atoms with van der Waals surface area (Å²) in [6.07, 6.45) is 6.41. The van der Waals surface area contributed by atoms with Crippen LogP contribution in [0.2, 0.25) is 0 Å². The number of nitrogens with one attached hydrogen (secondary N) is 1. The van der Waals surface area contributed by atoms with Gasteiger partial charge in [-0.1, -0.05) is 146 Å². The highest BCUT2D eigenvalue weighted by atomic mass is 14.9. The van der Waals surface area contributed by atoms with Crippen molar-refractivity contribution >= 4 is 38.0 Å². The Hall–Kier alpha value is -6.18. The van der Waals surface area contributed by atoms with Crippen molar-refractivity contribution < 1.29 is 0 Å². The molecule has 1 aliphatic heterocycles. The summed E-state index contributed by atoms with van der Waals surface area (Å²) in [4.78, 5) is 0. The van der Waals surface area contributed by atoms with Crippen LogP contribution in [0.4, 0.5) is 0 Å². The average molecular weight is 622 g/mol. The van der Waals surface area contributed by atoms with Crippen LogP contribution in [0.1, 0.15) is 27.8 Å². The number of rotatable bonds is 2. The third-order valence-electron chi connectivity index (χ3n) is 11.2. The summed E-state index contributed by atoms with van der Waals surface area (Å²) in [7, 11) is 0. The first-order valence-electron chi connectivity index (χ1n) is 17.2. The van der Waals surface area contributed by atoms with Crippen LogP contribution in [0, 0.1) is 0 Å². The molecular weight excluding hydrogens is 591 g/mol. The predicted molar refractivity (Wildman–Crippen MR) is 206 cm³/mol. The summed E-state index contributed by atoms with van der Waals surface area (Å²) >= 11 is 0. The van der Waals surface area contributed by atoms with E-state index in [4.69, 9.17) is 0 Å². The summed E-state index contributed by atoms with van der Waals surface area (Å²) in [5, 5.41) is 11.3. The molecule has 8 aromatic rings. The standard InChI is InChI=1S/C48H31N/c1-3-15-39-35(11-1)36-12-2-4-16-40(36)47-46(39)41-28-33-25-24-32(30-20-22-31(23-21-30)45-19-9-10-26-49-45)27-34(33)29-44(41)48(47)42-17-7-5-13-37(42)38-14-6-8-18-43(38)48/h1-25,27-29,49H,26H2. The van der Waals surface area contributed by atoms with E-state index < -0.39 is 5.41 Å². The lowest BCUT2D eigenvalue weighted by atomic mass is 9.69. The molecule has 0 aromatic heterocycles. The lowest BCUT2D eigenvalue weighted by Gasteiger charge is -2.32. The second-order valence-corrected chi connectivity index (χ2v) is 13.6. The van der Waals surface area contributed by atoms with Gasteiger partial charge in [0.25, 0.3) is 0 Å². The highest BCUT2D eigenvalue weighted by Crippen LogP contribution is 2.65. The Morgan fingerprint density at radius 3 is 1.78 bits per heavy atom. The van der Waals surface area contributed by atoms with Gasteiger partial charge in [0.05, 0.1) is 5.41 Å². The zero-order valence-electron chi connectivity index (χ0n) is 26.9. The summed E-state index contributed by atoms with van der Waals surface area (Å²) in [5.41, 5.74) is 15.4. The van der Waals surface area contributed by atoms with E-state index in [1.165, 1.54) is 99.2 Å². The average Bonchev–Trinajstić information content (AvgIpc) is 3.64. The monoisotopic (exact) mass is 621 g/mol. The molecule has 11 rings (SSSR count). The molecule has 49 heavy (non-hydrogen) atoms. The van der Waals surface area contributed by atoms with Crippen molar-refractivity contribution in [2.24, 2.45) is 0 Å². The molecule has 1 N–H and O–H groups in total. The zero-order valence-corrected chi connectivity index (χ0v) is 26.9. The van der Waals surface area contributed by atoms with Gasteiger partial charge in [0.2, 0.25) is 0 Å². The van der Waals surface area contributed by atoms with E-state index in [0.29, 0.717) is 0 Å². The zero-order chi connectivity index (χ0) is 32.1. The summed E-state index contributed by atoms with van der Waals surface area (Å²) < 4.78 is 0. The van der Waals surface area contributed by atoms with E-state index in [9.17, 15) is 0 Å². The van der Waals surface area contributed by atoms with Gasteiger partial charge in [0.15, 0.2) is 0 Å². The van der Waals surface area contributed by atoms with Crippen molar-refractivity contribution in [2.75, 3.05) is 6.54 Å². The fourth-order valence-corrected chi connectivity index (χ4v) is 9.23. The van der Waals surface area contributed by atoms with Gasteiger partial charge >= 0.3 is 0 Å². The molecule has 0 bridgehead atoms. The molecule has 1 heterocycles. The van der Waals surface area contributed by atoms with Gasteiger partial charge in [0.1, 0.15) is 0 Å². The van der Waals surface area contributed by atoms with Crippen LogP contribution in [0.3, 0.4) is 0 Å². The Labute approximate surface area is 285 Å². The summed E-state index contributed by atoms with van der Waals surface area (Å²) in [6.45, 7) is 0.870. The highest BCUT2D eigenvalue weighted by molar-refractivity contribution is 6.20. The first kappa shape index (κ1) is 26.8. The number of allylic oxidation sites excluding steroid dienone is 2. The SMILES string of the molecule is C1=CCNC(c2ccc(-c3ccc4cc5c(cc4c3)C3(c4ccccc4-c4ccccc43)c3c-5c4ccccc4c4ccccc34)cc2)=C1. The normalized spacial score (nSPS) is 14.8. The van der Waals surface area contributed by atoms with Gasteiger partial charge in [0, 0.05) is 12.2 Å². The molecule has 8 aromatic carbocycles. The Morgan fingerprint density at radius 1 is 0.449 bits per heavy atom. The maximum absolute atomic E-state index is 3.48. The summed E-state index contributed by atoms with van der Waals surface area (Å²) in [6, 6.07) is 57.3. The lowest BCUT2D eigenvalue weighted by molar-refractivity contribution is 0.803. The van der Waals surface area contributed by atoms with Gasteiger partial charge in [-0.25, -0.2) is 0 Å². The van der Waals surface area contributed by atoms with Gasteiger partial charge < -0.3 is 5.32 Å². The van der Waals surface area contributed by atoms with Crippen molar-refractivity contribution in [1.82, 2.24) is 5.32 Å². The van der Waals surface area contributed by atoms with Crippen molar-refractivity contribution in [2.45, 2.75) is 5.41 Å². The first-order valence-corrected chi connectivity index (χ1v) is 17.2. The van der Waals surface area contributed by atoms with Crippen LogP contribution in [-0.4, -0.2) is 6.54 Å². The van der Waals surface area contributed by atoms with E-state index in [1.807, 2.05) is 0 Å². The minimum Gasteiger partial charge on any atom is -0.381 e. The Kier molecular flexibility index (Phi) is 5.43. The van der Waals surface area contributed by atoms with Gasteiger partial charge in [-0.2, -0.15) is 0 Å². The smallest absolute Gasteiger partial charge is 0.0731 e. The Balaban J connectivity index is 1.22. The van der Waals surface area contributed by atoms with Crippen LogP contribution in [0.5, 0.6) is 0 Å². The van der Waals surface area contributed by atoms with Gasteiger partial charge in [-0.3, -0.25) is 0 Å². The molecule has 1 spiro atoms. The van der Waals surface area contributed by atoms with E-state index in [2.05, 4.69) is 175 Å². The minimum absolute atomic E-state index is 0.428. The molecule has 2 aliphatic carbocycles. The molecular formula is C48H31N. The summed E-state index contributed by atoms with van der Waals surface area (Å²) in [5.74, 6) is 0. The number of fused-ring (bicyclic) bond motifs is 16. The van der Waals surface area contributed by atoms with Crippen LogP contribution in [-0.2, 0) is 5.41 Å². The predicted octanol–water partition coefficient (Wildman–Crippen LogP) is 11.7. The maximum atomic E-state index is 3.48. The molecule has 0 saturated carbocycles. The molecule has 0 unspecified atom stereocenters. The topological polar surface area (TPSA) is 12.0 Å². The van der Waals surface area contributed by atoms with Crippen LogP contribution in [0.15, 0.2) is 170 Å². The second-order valence-electron chi connectivity index (χ2n) is 13.6. The molecule has 3 aliphatic rings. The first-order chi connectivity index (χ1) is 24.3. The molecule has 0 amide bonds. The molecule has 0 fully saturated rings. The lowest BCUT2D eigenvalue weighted by Crippen LogP contribution is -2.26. The quantitative estimate of drug-likeness (QED) is 0.189.